The minimum absolute atomic E-state index is 0.347. The predicted molar refractivity (Wildman–Crippen MR) is 55.4 cm³/mol. The van der Waals surface area contributed by atoms with Crippen molar-refractivity contribution in [2.45, 2.75) is 29.8 Å². The lowest BCUT2D eigenvalue weighted by Crippen LogP contribution is -2.51. The summed E-state index contributed by atoms with van der Waals surface area (Å²) in [6, 6.07) is 0. The quantitative estimate of drug-likeness (QED) is 0.305. The highest BCUT2D eigenvalue weighted by Gasteiger charge is 2.35. The van der Waals surface area contributed by atoms with E-state index in [4.69, 9.17) is 10.2 Å². The van der Waals surface area contributed by atoms with Gasteiger partial charge < -0.3 is 30.8 Å². The van der Waals surface area contributed by atoms with Gasteiger partial charge in [-0.15, -0.1) is 11.8 Å². The monoisotopic (exact) mass is 239 g/mol. The van der Waals surface area contributed by atoms with Crippen LogP contribution in [-0.4, -0.2) is 74.2 Å². The van der Waals surface area contributed by atoms with Crippen LogP contribution in [0.2, 0.25) is 0 Å². The van der Waals surface area contributed by atoms with Gasteiger partial charge in [0.2, 0.25) is 0 Å². The fraction of sp³-hybridized carbons (Fsp3) is 1.00. The smallest absolute Gasteiger partial charge is 0.111 e. The molecule has 0 aromatic heterocycles. The van der Waals surface area contributed by atoms with E-state index in [0.717, 1.165) is 12.3 Å². The zero-order valence-electron chi connectivity index (χ0n) is 8.15. The number of hydrogen-bond acceptors (Lipinski definition) is 7. The molecule has 0 aromatic rings. The van der Waals surface area contributed by atoms with Crippen molar-refractivity contribution >= 4 is 11.8 Å². The number of hydrogen-bond donors (Lipinski definition) is 6. The molecule has 1 saturated heterocycles. The molecule has 0 radical (unpaired) electrons. The van der Waals surface area contributed by atoms with Crippen LogP contribution in [0.3, 0.4) is 0 Å². The second-order valence-corrected chi connectivity index (χ2v) is 4.72. The molecule has 1 aliphatic rings. The maximum Gasteiger partial charge on any atom is 0.111 e. The van der Waals surface area contributed by atoms with Gasteiger partial charge in [0.25, 0.3) is 0 Å². The van der Waals surface area contributed by atoms with E-state index < -0.39 is 31.0 Å². The minimum atomic E-state index is -1.55. The van der Waals surface area contributed by atoms with E-state index in [2.05, 4.69) is 5.32 Å². The van der Waals surface area contributed by atoms with Crippen molar-refractivity contribution in [1.82, 2.24) is 5.32 Å². The van der Waals surface area contributed by atoms with E-state index in [1.54, 1.807) is 0 Å². The molecular formula is C8H17NO5S. The van der Waals surface area contributed by atoms with Crippen molar-refractivity contribution in [3.63, 3.8) is 0 Å². The Hall–Kier alpha value is 0.110. The Morgan fingerprint density at radius 2 is 1.87 bits per heavy atom. The Morgan fingerprint density at radius 3 is 2.33 bits per heavy atom. The van der Waals surface area contributed by atoms with Gasteiger partial charge >= 0.3 is 0 Å². The summed E-state index contributed by atoms with van der Waals surface area (Å²) in [7, 11) is 0. The second kappa shape index (κ2) is 6.00. The third-order valence-electron chi connectivity index (χ3n) is 2.34. The van der Waals surface area contributed by atoms with E-state index in [-0.39, 0.29) is 5.37 Å². The van der Waals surface area contributed by atoms with Crippen LogP contribution in [0.25, 0.3) is 0 Å². The van der Waals surface area contributed by atoms with Crippen LogP contribution in [0, 0.1) is 0 Å². The predicted octanol–water partition coefficient (Wildman–Crippen LogP) is -2.92. The van der Waals surface area contributed by atoms with Crippen LogP contribution in [0.15, 0.2) is 0 Å². The van der Waals surface area contributed by atoms with Crippen LogP contribution in [0.5, 0.6) is 0 Å². The Balaban J connectivity index is 2.46. The van der Waals surface area contributed by atoms with Crippen molar-refractivity contribution in [2.24, 2.45) is 0 Å². The van der Waals surface area contributed by atoms with E-state index in [0.29, 0.717) is 0 Å². The SMILES string of the molecule is OC[C@H](O)[C@H](O)[C@H](O)[C@H](O)[C@@H]1NCCS1. The second-order valence-electron chi connectivity index (χ2n) is 3.47. The van der Waals surface area contributed by atoms with E-state index in [1.807, 2.05) is 0 Å². The molecule has 5 atom stereocenters. The summed E-state index contributed by atoms with van der Waals surface area (Å²) in [6.07, 6.45) is -5.64. The number of thioether (sulfide) groups is 1. The van der Waals surface area contributed by atoms with Gasteiger partial charge in [-0.25, -0.2) is 0 Å². The van der Waals surface area contributed by atoms with Gasteiger partial charge in [0, 0.05) is 12.3 Å². The molecule has 15 heavy (non-hydrogen) atoms. The highest BCUT2D eigenvalue weighted by molar-refractivity contribution is 8.00. The van der Waals surface area contributed by atoms with Gasteiger partial charge in [-0.05, 0) is 0 Å². The summed E-state index contributed by atoms with van der Waals surface area (Å²) in [6.45, 7) is 0.0773. The molecule has 0 saturated carbocycles. The van der Waals surface area contributed by atoms with Crippen LogP contribution in [0.4, 0.5) is 0 Å². The Morgan fingerprint density at radius 1 is 1.20 bits per heavy atom. The lowest BCUT2D eigenvalue weighted by atomic mass is 10.0. The first-order valence-electron chi connectivity index (χ1n) is 4.76. The number of aliphatic hydroxyl groups excluding tert-OH is 5. The topological polar surface area (TPSA) is 113 Å². The van der Waals surface area contributed by atoms with Crippen molar-refractivity contribution in [2.75, 3.05) is 18.9 Å². The zero-order chi connectivity index (χ0) is 11.4. The molecule has 0 unspecified atom stereocenters. The molecule has 7 heteroatoms. The fourth-order valence-electron chi connectivity index (χ4n) is 1.38. The summed E-state index contributed by atoms with van der Waals surface area (Å²) in [5.74, 6) is 0.826. The lowest BCUT2D eigenvalue weighted by molar-refractivity contribution is -0.115. The maximum atomic E-state index is 9.65. The molecule has 1 heterocycles. The highest BCUT2D eigenvalue weighted by atomic mass is 32.2. The molecule has 6 nitrogen and oxygen atoms in total. The molecule has 0 bridgehead atoms. The first kappa shape index (κ1) is 13.2. The molecule has 0 aromatic carbocycles. The molecule has 90 valence electrons. The molecular weight excluding hydrogens is 222 g/mol. The summed E-state index contributed by atoms with van der Waals surface area (Å²) in [5, 5.41) is 48.8. The zero-order valence-corrected chi connectivity index (χ0v) is 8.97. The first-order valence-corrected chi connectivity index (χ1v) is 5.81. The van der Waals surface area contributed by atoms with Gasteiger partial charge in [0.05, 0.1) is 12.0 Å². The standard InChI is InChI=1S/C8H17NO5S/c10-3-4(11)5(12)6(13)7(14)8-9-1-2-15-8/h4-14H,1-3H2/t4-,5-,6-,7-,8+/m0/s1. The van der Waals surface area contributed by atoms with Gasteiger partial charge in [-0.3, -0.25) is 0 Å². The van der Waals surface area contributed by atoms with Crippen molar-refractivity contribution in [1.29, 1.82) is 0 Å². The van der Waals surface area contributed by atoms with Gasteiger partial charge in [-0.1, -0.05) is 0 Å². The fourth-order valence-corrected chi connectivity index (χ4v) is 2.47. The van der Waals surface area contributed by atoms with Crippen molar-refractivity contribution in [3.05, 3.63) is 0 Å². The van der Waals surface area contributed by atoms with Gasteiger partial charge in [0.15, 0.2) is 0 Å². The van der Waals surface area contributed by atoms with E-state index in [9.17, 15) is 15.3 Å². The van der Waals surface area contributed by atoms with Gasteiger partial charge in [-0.2, -0.15) is 0 Å². The first-order chi connectivity index (χ1) is 7.07. The molecule has 1 fully saturated rings. The summed E-state index contributed by atoms with van der Waals surface area (Å²) >= 11 is 1.44. The molecule has 1 rings (SSSR count). The van der Waals surface area contributed by atoms with E-state index in [1.165, 1.54) is 11.8 Å². The molecule has 0 aliphatic carbocycles. The average Bonchev–Trinajstić information content (AvgIpc) is 2.78. The van der Waals surface area contributed by atoms with Gasteiger partial charge in [0.1, 0.15) is 24.4 Å². The summed E-state index contributed by atoms with van der Waals surface area (Å²) in [4.78, 5) is 0. The van der Waals surface area contributed by atoms with Crippen LogP contribution < -0.4 is 5.32 Å². The Kier molecular flexibility index (Phi) is 5.27. The molecule has 0 spiro atoms. The Labute approximate surface area is 91.9 Å². The largest absolute Gasteiger partial charge is 0.394 e. The Bertz CT molecular complexity index is 190. The van der Waals surface area contributed by atoms with Crippen molar-refractivity contribution in [3.8, 4) is 0 Å². The molecule has 1 aliphatic heterocycles. The van der Waals surface area contributed by atoms with Crippen LogP contribution in [-0.2, 0) is 0 Å². The van der Waals surface area contributed by atoms with Crippen LogP contribution >= 0.6 is 11.8 Å². The van der Waals surface area contributed by atoms with Crippen LogP contribution in [0.1, 0.15) is 0 Å². The number of rotatable bonds is 5. The average molecular weight is 239 g/mol. The molecule has 6 N–H and O–H groups in total. The number of aliphatic hydroxyl groups is 5. The minimum Gasteiger partial charge on any atom is -0.394 e. The maximum absolute atomic E-state index is 9.65. The van der Waals surface area contributed by atoms with E-state index >= 15 is 0 Å². The van der Waals surface area contributed by atoms with Crippen molar-refractivity contribution < 1.29 is 25.5 Å². The molecule has 0 amide bonds. The third-order valence-corrected chi connectivity index (χ3v) is 3.58. The third kappa shape index (κ3) is 3.28. The highest BCUT2D eigenvalue weighted by Crippen LogP contribution is 2.20. The number of nitrogens with one attached hydrogen (secondary N) is 1. The normalized spacial score (nSPS) is 29.8. The summed E-state index contributed by atoms with van der Waals surface area (Å²) in [5.41, 5.74) is 0. The summed E-state index contributed by atoms with van der Waals surface area (Å²) < 4.78 is 0. The lowest BCUT2D eigenvalue weighted by Gasteiger charge is -2.28.